The average Bonchev–Trinajstić information content (AvgIpc) is 2.86. The molecule has 35 heavy (non-hydrogen) atoms. The summed E-state index contributed by atoms with van der Waals surface area (Å²) in [6.45, 7) is 0. The van der Waals surface area contributed by atoms with E-state index in [0.29, 0.717) is 35.3 Å². The number of halogens is 3. The van der Waals surface area contributed by atoms with Gasteiger partial charge in [0.25, 0.3) is 0 Å². The van der Waals surface area contributed by atoms with Crippen molar-refractivity contribution in [2.24, 2.45) is 5.92 Å². The zero-order chi connectivity index (χ0) is 25.2. The van der Waals surface area contributed by atoms with Crippen molar-refractivity contribution in [3.8, 4) is 0 Å². The molecule has 1 saturated carbocycles. The van der Waals surface area contributed by atoms with Crippen LogP contribution in [0.2, 0.25) is 5.02 Å². The largest absolute Gasteiger partial charge is 0.298 e. The molecular weight excluding hydrogens is 494 g/mol. The van der Waals surface area contributed by atoms with Gasteiger partial charge in [-0.2, -0.15) is 0 Å². The lowest BCUT2D eigenvalue weighted by molar-refractivity contribution is 0.0945. The smallest absolute Gasteiger partial charge is 0.188 e. The Bertz CT molecular complexity index is 1360. The molecule has 0 radical (unpaired) electrons. The molecule has 0 bridgehead atoms. The second kappa shape index (κ2) is 9.99. The lowest BCUT2D eigenvalue weighted by atomic mass is 9.75. The molecule has 0 amide bonds. The van der Waals surface area contributed by atoms with Crippen molar-refractivity contribution in [3.63, 3.8) is 0 Å². The fraction of sp³-hybridized carbons (Fsp3) is 0.259. The van der Waals surface area contributed by atoms with Gasteiger partial charge in [-0.05, 0) is 80.1 Å². The molecule has 0 spiro atoms. The Kier molecular flexibility index (Phi) is 7.20. The van der Waals surface area contributed by atoms with E-state index in [1.165, 1.54) is 30.3 Å². The van der Waals surface area contributed by atoms with Crippen molar-refractivity contribution < 1.29 is 26.8 Å². The van der Waals surface area contributed by atoms with Crippen LogP contribution in [0.5, 0.6) is 0 Å². The summed E-state index contributed by atoms with van der Waals surface area (Å²) in [7, 11) is -4.13. The third-order valence-electron chi connectivity index (χ3n) is 6.79. The summed E-state index contributed by atoms with van der Waals surface area (Å²) < 4.78 is 55.2. The third-order valence-corrected chi connectivity index (χ3v) is 9.59. The van der Waals surface area contributed by atoms with Gasteiger partial charge in [-0.3, -0.25) is 9.59 Å². The SMILES string of the molecule is O=Cc1cccc(C(=O)CC2CCC(c3cc(F)ccc3F)(S(=O)(=O)c3ccc(Cl)cc3)CC2)c1. The van der Waals surface area contributed by atoms with E-state index in [0.717, 1.165) is 18.2 Å². The number of carbonyl (C=O) groups is 2. The first-order valence-corrected chi connectivity index (χ1v) is 13.1. The molecule has 0 heterocycles. The van der Waals surface area contributed by atoms with Gasteiger partial charge in [0.1, 0.15) is 22.7 Å². The summed E-state index contributed by atoms with van der Waals surface area (Å²) in [5.41, 5.74) is 0.612. The van der Waals surface area contributed by atoms with Crippen molar-refractivity contribution in [2.75, 3.05) is 0 Å². The van der Waals surface area contributed by atoms with Crippen molar-refractivity contribution in [1.29, 1.82) is 0 Å². The van der Waals surface area contributed by atoms with Gasteiger partial charge in [-0.1, -0.05) is 29.8 Å². The van der Waals surface area contributed by atoms with Crippen molar-refractivity contribution in [3.05, 3.63) is 100 Å². The number of rotatable bonds is 7. The molecule has 4 rings (SSSR count). The summed E-state index contributed by atoms with van der Waals surface area (Å²) in [6.07, 6.45) is 1.57. The van der Waals surface area contributed by atoms with Crippen LogP contribution < -0.4 is 0 Å². The number of carbonyl (C=O) groups excluding carboxylic acids is 2. The van der Waals surface area contributed by atoms with Gasteiger partial charge < -0.3 is 0 Å². The quantitative estimate of drug-likeness (QED) is 0.263. The number of benzene rings is 3. The zero-order valence-corrected chi connectivity index (χ0v) is 20.3. The van der Waals surface area contributed by atoms with E-state index in [1.807, 2.05) is 0 Å². The Labute approximate surface area is 207 Å². The second-order valence-corrected chi connectivity index (χ2v) is 11.6. The molecule has 1 fully saturated rings. The standard InChI is InChI=1S/C27H23ClF2O4S/c28-21-4-7-23(8-5-21)35(33,34)27(24-16-22(29)6-9-25(24)30)12-10-18(11-13-27)15-26(32)20-3-1-2-19(14-20)17-31/h1-9,14,16-18H,10-13,15H2. The fourth-order valence-corrected chi connectivity index (χ4v) is 7.17. The van der Waals surface area contributed by atoms with Crippen LogP contribution in [0.25, 0.3) is 0 Å². The molecule has 1 aliphatic rings. The minimum Gasteiger partial charge on any atom is -0.298 e. The number of Topliss-reactive ketones (excluding diaryl/α,β-unsaturated/α-hetero) is 1. The Morgan fingerprint density at radius 3 is 2.34 bits per heavy atom. The zero-order valence-electron chi connectivity index (χ0n) is 18.7. The van der Waals surface area contributed by atoms with Crippen molar-refractivity contribution in [2.45, 2.75) is 41.7 Å². The van der Waals surface area contributed by atoms with Crippen LogP contribution >= 0.6 is 11.6 Å². The van der Waals surface area contributed by atoms with E-state index in [2.05, 4.69) is 0 Å². The summed E-state index contributed by atoms with van der Waals surface area (Å²) >= 11 is 5.93. The lowest BCUT2D eigenvalue weighted by Crippen LogP contribution is -2.41. The molecule has 0 unspecified atom stereocenters. The highest BCUT2D eigenvalue weighted by atomic mass is 35.5. The third kappa shape index (κ3) is 4.93. The molecule has 4 nitrogen and oxygen atoms in total. The molecule has 0 N–H and O–H groups in total. The Hall–Kier alpha value is -2.90. The predicted octanol–water partition coefficient (Wildman–Crippen LogP) is 6.56. The molecule has 182 valence electrons. The maximum Gasteiger partial charge on any atom is 0.188 e. The average molecular weight is 517 g/mol. The van der Waals surface area contributed by atoms with E-state index in [-0.39, 0.29) is 41.4 Å². The molecule has 3 aromatic rings. The van der Waals surface area contributed by atoms with Crippen LogP contribution in [0.4, 0.5) is 8.78 Å². The normalized spacial score (nSPS) is 20.4. The number of hydrogen-bond acceptors (Lipinski definition) is 4. The number of hydrogen-bond donors (Lipinski definition) is 0. The van der Waals surface area contributed by atoms with E-state index in [9.17, 15) is 26.8 Å². The van der Waals surface area contributed by atoms with Crippen LogP contribution in [-0.4, -0.2) is 20.5 Å². The monoisotopic (exact) mass is 516 g/mol. The number of aldehydes is 1. The summed E-state index contributed by atoms with van der Waals surface area (Å²) in [5.74, 6) is -1.79. The maximum absolute atomic E-state index is 15.0. The number of ketones is 1. The first-order valence-electron chi connectivity index (χ1n) is 11.2. The second-order valence-electron chi connectivity index (χ2n) is 8.89. The van der Waals surface area contributed by atoms with E-state index in [1.54, 1.807) is 18.2 Å². The summed E-state index contributed by atoms with van der Waals surface area (Å²) in [6, 6.07) is 14.9. The van der Waals surface area contributed by atoms with Gasteiger partial charge in [0.05, 0.1) is 4.90 Å². The van der Waals surface area contributed by atoms with Crippen molar-refractivity contribution in [1.82, 2.24) is 0 Å². The molecule has 0 saturated heterocycles. The summed E-state index contributed by atoms with van der Waals surface area (Å²) in [4.78, 5) is 23.8. The number of sulfone groups is 1. The minimum absolute atomic E-state index is 0.0224. The minimum atomic E-state index is -4.13. The first-order chi connectivity index (χ1) is 16.7. The fourth-order valence-electron chi connectivity index (χ4n) is 4.88. The Morgan fingerprint density at radius 2 is 1.69 bits per heavy atom. The lowest BCUT2D eigenvalue weighted by Gasteiger charge is -2.40. The van der Waals surface area contributed by atoms with Gasteiger partial charge in [0.2, 0.25) is 0 Å². The molecular formula is C27H23ClF2O4S. The van der Waals surface area contributed by atoms with E-state index in [4.69, 9.17) is 11.6 Å². The molecule has 0 aliphatic heterocycles. The topological polar surface area (TPSA) is 68.3 Å². The predicted molar refractivity (Wildman–Crippen MR) is 129 cm³/mol. The van der Waals surface area contributed by atoms with Gasteiger partial charge >= 0.3 is 0 Å². The first kappa shape index (κ1) is 25.2. The summed E-state index contributed by atoms with van der Waals surface area (Å²) in [5, 5.41) is 0.357. The molecule has 3 aromatic carbocycles. The Morgan fingerprint density at radius 1 is 1.00 bits per heavy atom. The van der Waals surface area contributed by atoms with Crippen LogP contribution in [-0.2, 0) is 14.6 Å². The maximum atomic E-state index is 15.0. The van der Waals surface area contributed by atoms with E-state index < -0.39 is 26.2 Å². The molecule has 0 aromatic heterocycles. The van der Waals surface area contributed by atoms with Gasteiger partial charge in [0, 0.05) is 28.1 Å². The molecule has 1 aliphatic carbocycles. The highest BCUT2D eigenvalue weighted by molar-refractivity contribution is 7.92. The van der Waals surface area contributed by atoms with Crippen LogP contribution in [0.3, 0.4) is 0 Å². The van der Waals surface area contributed by atoms with E-state index >= 15 is 0 Å². The van der Waals surface area contributed by atoms with Crippen LogP contribution in [0, 0.1) is 17.6 Å². The molecule has 8 heteroatoms. The van der Waals surface area contributed by atoms with Crippen LogP contribution in [0.15, 0.2) is 71.6 Å². The highest BCUT2D eigenvalue weighted by Gasteiger charge is 2.50. The highest BCUT2D eigenvalue weighted by Crippen LogP contribution is 2.50. The Balaban J connectivity index is 1.65. The molecule has 0 atom stereocenters. The van der Waals surface area contributed by atoms with Gasteiger partial charge in [0.15, 0.2) is 15.6 Å². The van der Waals surface area contributed by atoms with Gasteiger partial charge in [-0.25, -0.2) is 17.2 Å². The van der Waals surface area contributed by atoms with Crippen molar-refractivity contribution >= 4 is 33.5 Å². The van der Waals surface area contributed by atoms with Gasteiger partial charge in [-0.15, -0.1) is 0 Å². The van der Waals surface area contributed by atoms with Crippen LogP contribution in [0.1, 0.15) is 58.4 Å².